The number of nitrogens with zero attached hydrogens (tertiary/aromatic N) is 1. The molecule has 1 fully saturated rings. The first-order valence-electron chi connectivity index (χ1n) is 4.78. The molecule has 1 atom stereocenters. The van der Waals surface area contributed by atoms with Crippen molar-refractivity contribution in [3.05, 3.63) is 12.7 Å². The summed E-state index contributed by atoms with van der Waals surface area (Å²) in [5.41, 5.74) is 0. The number of hydrogen-bond acceptors (Lipinski definition) is 3. The standard InChI is InChI=1S/C9H16N2O3S/c1-3-5-10-9(12)11(2)8-4-6-15(13,14)7-8/h3,8H,1,4-7H2,2H3,(H,10,12)/t8-/m0/s1. The molecule has 0 spiro atoms. The molecule has 1 aliphatic rings. The van der Waals surface area contributed by atoms with Crippen LogP contribution in [-0.2, 0) is 9.84 Å². The molecule has 0 unspecified atom stereocenters. The van der Waals surface area contributed by atoms with Gasteiger partial charge in [0.15, 0.2) is 9.84 Å². The Morgan fingerprint density at radius 1 is 1.67 bits per heavy atom. The van der Waals surface area contributed by atoms with Gasteiger partial charge < -0.3 is 10.2 Å². The summed E-state index contributed by atoms with van der Waals surface area (Å²) in [6.45, 7) is 3.87. The third kappa shape index (κ3) is 3.23. The summed E-state index contributed by atoms with van der Waals surface area (Å²) in [4.78, 5) is 12.9. The highest BCUT2D eigenvalue weighted by Crippen LogP contribution is 2.16. The van der Waals surface area contributed by atoms with Crippen LogP contribution in [0.1, 0.15) is 6.42 Å². The van der Waals surface area contributed by atoms with E-state index in [4.69, 9.17) is 0 Å². The predicted octanol–water partition coefficient (Wildman–Crippen LogP) is 0.000900. The molecule has 0 aromatic carbocycles. The quantitative estimate of drug-likeness (QED) is 0.697. The van der Waals surface area contributed by atoms with Gasteiger partial charge in [-0.15, -0.1) is 6.58 Å². The van der Waals surface area contributed by atoms with Crippen LogP contribution in [0.3, 0.4) is 0 Å². The van der Waals surface area contributed by atoms with Crippen LogP contribution in [0, 0.1) is 0 Å². The lowest BCUT2D eigenvalue weighted by Gasteiger charge is -2.23. The lowest BCUT2D eigenvalue weighted by molar-refractivity contribution is 0.196. The SMILES string of the molecule is C=CCNC(=O)N(C)[C@H]1CCS(=O)(=O)C1. The summed E-state index contributed by atoms with van der Waals surface area (Å²) < 4.78 is 22.4. The summed E-state index contributed by atoms with van der Waals surface area (Å²) in [5.74, 6) is 0.252. The lowest BCUT2D eigenvalue weighted by atomic mass is 10.2. The second-order valence-corrected chi connectivity index (χ2v) is 5.87. The Kier molecular flexibility index (Phi) is 3.73. The van der Waals surface area contributed by atoms with Crippen molar-refractivity contribution in [1.82, 2.24) is 10.2 Å². The Labute approximate surface area is 90.1 Å². The van der Waals surface area contributed by atoms with Crippen LogP contribution in [0.4, 0.5) is 4.79 Å². The van der Waals surface area contributed by atoms with Crippen LogP contribution in [-0.4, -0.2) is 50.5 Å². The molecule has 5 nitrogen and oxygen atoms in total. The third-order valence-electron chi connectivity index (χ3n) is 2.47. The Morgan fingerprint density at radius 3 is 2.80 bits per heavy atom. The van der Waals surface area contributed by atoms with E-state index in [1.54, 1.807) is 13.1 Å². The Bertz CT molecular complexity index is 350. The molecule has 1 heterocycles. The summed E-state index contributed by atoms with van der Waals surface area (Å²) in [6, 6.07) is -0.447. The minimum Gasteiger partial charge on any atom is -0.335 e. The number of carbonyl (C=O) groups is 1. The monoisotopic (exact) mass is 232 g/mol. The first-order chi connectivity index (χ1) is 6.96. The van der Waals surface area contributed by atoms with Crippen molar-refractivity contribution in [2.45, 2.75) is 12.5 Å². The molecule has 2 amide bonds. The molecule has 1 aliphatic heterocycles. The summed E-state index contributed by atoms with van der Waals surface area (Å²) in [5, 5.41) is 2.61. The Balaban J connectivity index is 2.51. The maximum Gasteiger partial charge on any atom is 0.317 e. The van der Waals surface area contributed by atoms with Crippen LogP contribution in [0.15, 0.2) is 12.7 Å². The van der Waals surface area contributed by atoms with E-state index in [0.717, 1.165) is 0 Å². The van der Waals surface area contributed by atoms with Crippen molar-refractivity contribution < 1.29 is 13.2 Å². The molecule has 0 saturated carbocycles. The fraction of sp³-hybridized carbons (Fsp3) is 0.667. The molecule has 0 aromatic rings. The van der Waals surface area contributed by atoms with Crippen molar-refractivity contribution in [2.75, 3.05) is 25.1 Å². The number of nitrogens with one attached hydrogen (secondary N) is 1. The predicted molar refractivity (Wildman–Crippen MR) is 58.4 cm³/mol. The number of urea groups is 1. The molecule has 0 aromatic heterocycles. The highest BCUT2D eigenvalue weighted by atomic mass is 32.2. The van der Waals surface area contributed by atoms with Crippen LogP contribution < -0.4 is 5.32 Å². The first kappa shape index (κ1) is 12.0. The molecule has 15 heavy (non-hydrogen) atoms. The zero-order valence-corrected chi connectivity index (χ0v) is 9.59. The molecule has 1 rings (SSSR count). The average Bonchev–Trinajstić information content (AvgIpc) is 2.54. The zero-order valence-electron chi connectivity index (χ0n) is 8.77. The normalized spacial score (nSPS) is 23.4. The molecule has 0 radical (unpaired) electrons. The second kappa shape index (κ2) is 4.65. The van der Waals surface area contributed by atoms with E-state index in [9.17, 15) is 13.2 Å². The van der Waals surface area contributed by atoms with Gasteiger partial charge in [-0.05, 0) is 6.42 Å². The molecule has 1 N–H and O–H groups in total. The molecular weight excluding hydrogens is 216 g/mol. The summed E-state index contributed by atoms with van der Waals surface area (Å²) in [7, 11) is -1.32. The van der Waals surface area contributed by atoms with Gasteiger partial charge in [-0.2, -0.15) is 0 Å². The maximum atomic E-state index is 11.5. The lowest BCUT2D eigenvalue weighted by Crippen LogP contribution is -2.44. The topological polar surface area (TPSA) is 66.5 Å². The highest BCUT2D eigenvalue weighted by Gasteiger charge is 2.32. The van der Waals surface area contributed by atoms with Gasteiger partial charge in [0.1, 0.15) is 0 Å². The van der Waals surface area contributed by atoms with Crippen LogP contribution in [0.2, 0.25) is 0 Å². The van der Waals surface area contributed by atoms with Gasteiger partial charge in [-0.1, -0.05) is 6.08 Å². The van der Waals surface area contributed by atoms with Crippen molar-refractivity contribution in [2.24, 2.45) is 0 Å². The number of rotatable bonds is 3. The minimum absolute atomic E-state index is 0.0744. The highest BCUT2D eigenvalue weighted by molar-refractivity contribution is 7.91. The van der Waals surface area contributed by atoms with Crippen molar-refractivity contribution in [3.63, 3.8) is 0 Å². The van der Waals surface area contributed by atoms with Crippen LogP contribution in [0.25, 0.3) is 0 Å². The molecule has 6 heteroatoms. The van der Waals surface area contributed by atoms with Gasteiger partial charge in [-0.3, -0.25) is 0 Å². The fourth-order valence-electron chi connectivity index (χ4n) is 1.53. The van der Waals surface area contributed by atoms with Gasteiger partial charge in [0.25, 0.3) is 0 Å². The third-order valence-corrected chi connectivity index (χ3v) is 4.22. The van der Waals surface area contributed by atoms with Gasteiger partial charge in [0, 0.05) is 19.6 Å². The van der Waals surface area contributed by atoms with Crippen molar-refractivity contribution >= 4 is 15.9 Å². The first-order valence-corrected chi connectivity index (χ1v) is 6.60. The van der Waals surface area contributed by atoms with E-state index in [1.165, 1.54) is 4.90 Å². The number of amides is 2. The van der Waals surface area contributed by atoms with Gasteiger partial charge in [0.2, 0.25) is 0 Å². The van der Waals surface area contributed by atoms with Crippen LogP contribution >= 0.6 is 0 Å². The summed E-state index contributed by atoms with van der Waals surface area (Å²) in [6.07, 6.45) is 2.11. The Hall–Kier alpha value is -1.04. The van der Waals surface area contributed by atoms with Crippen molar-refractivity contribution in [1.29, 1.82) is 0 Å². The van der Waals surface area contributed by atoms with E-state index < -0.39 is 9.84 Å². The van der Waals surface area contributed by atoms with Gasteiger partial charge in [-0.25, -0.2) is 13.2 Å². The molecule has 1 saturated heterocycles. The molecule has 0 bridgehead atoms. The Morgan fingerprint density at radius 2 is 2.33 bits per heavy atom. The smallest absolute Gasteiger partial charge is 0.317 e. The fourth-order valence-corrected chi connectivity index (χ4v) is 3.31. The van der Waals surface area contributed by atoms with E-state index in [0.29, 0.717) is 13.0 Å². The number of carbonyl (C=O) groups excluding carboxylic acids is 1. The van der Waals surface area contributed by atoms with E-state index in [-0.39, 0.29) is 23.6 Å². The largest absolute Gasteiger partial charge is 0.335 e. The molecule has 0 aliphatic carbocycles. The van der Waals surface area contributed by atoms with E-state index in [1.807, 2.05) is 0 Å². The van der Waals surface area contributed by atoms with E-state index in [2.05, 4.69) is 11.9 Å². The number of sulfone groups is 1. The second-order valence-electron chi connectivity index (χ2n) is 3.64. The molecule has 86 valence electrons. The van der Waals surface area contributed by atoms with Gasteiger partial charge >= 0.3 is 6.03 Å². The van der Waals surface area contributed by atoms with E-state index >= 15 is 0 Å². The van der Waals surface area contributed by atoms with Crippen LogP contribution in [0.5, 0.6) is 0 Å². The molecular formula is C9H16N2O3S. The zero-order chi connectivity index (χ0) is 11.5. The van der Waals surface area contributed by atoms with Gasteiger partial charge in [0.05, 0.1) is 11.5 Å². The summed E-state index contributed by atoms with van der Waals surface area (Å²) >= 11 is 0. The minimum atomic E-state index is -2.94. The van der Waals surface area contributed by atoms with Crippen molar-refractivity contribution in [3.8, 4) is 0 Å². The average molecular weight is 232 g/mol. The maximum absolute atomic E-state index is 11.5. The number of hydrogen-bond donors (Lipinski definition) is 1.